The summed E-state index contributed by atoms with van der Waals surface area (Å²) < 4.78 is 2.50. The fraction of sp³-hybridized carbons (Fsp3) is 0.133. The molecule has 3 N–H and O–H groups in total. The van der Waals surface area contributed by atoms with Gasteiger partial charge in [-0.3, -0.25) is 4.79 Å². The Kier molecular flexibility index (Phi) is 5.98. The second kappa shape index (κ2) is 7.54. The van der Waals surface area contributed by atoms with Crippen LogP contribution in [0.15, 0.2) is 55.9 Å². The van der Waals surface area contributed by atoms with Crippen LogP contribution in [0.3, 0.4) is 0 Å². The van der Waals surface area contributed by atoms with Crippen LogP contribution in [-0.2, 0) is 4.79 Å². The Balaban J connectivity index is 2.25. The molecule has 0 heterocycles. The van der Waals surface area contributed by atoms with Crippen molar-refractivity contribution in [2.24, 2.45) is 5.73 Å². The van der Waals surface area contributed by atoms with E-state index in [1.54, 1.807) is 0 Å². The van der Waals surface area contributed by atoms with Crippen molar-refractivity contribution in [3.05, 3.63) is 61.4 Å². The zero-order chi connectivity index (χ0) is 15.4. The van der Waals surface area contributed by atoms with Crippen molar-refractivity contribution in [2.75, 3.05) is 11.9 Å². The minimum atomic E-state index is -0.381. The summed E-state index contributed by atoms with van der Waals surface area (Å²) in [4.78, 5) is 12.5. The predicted molar refractivity (Wildman–Crippen MR) is 96.4 cm³/mol. The van der Waals surface area contributed by atoms with Crippen LogP contribution in [0.5, 0.6) is 0 Å². The molecule has 0 saturated heterocycles. The number of carbonyl (C=O) groups is 1. The molecule has 0 aliphatic rings. The Morgan fingerprint density at radius 2 is 1.67 bits per heavy atom. The smallest absolute Gasteiger partial charge is 0.233 e. The van der Waals surface area contributed by atoms with Crippen LogP contribution >= 0.6 is 47.8 Å². The minimum Gasteiger partial charge on any atom is -0.329 e. The van der Waals surface area contributed by atoms with Gasteiger partial charge in [0.2, 0.25) is 5.91 Å². The van der Waals surface area contributed by atoms with Crippen molar-refractivity contribution in [1.29, 1.82) is 0 Å². The largest absolute Gasteiger partial charge is 0.329 e. The van der Waals surface area contributed by atoms with Crippen LogP contribution in [0.25, 0.3) is 0 Å². The van der Waals surface area contributed by atoms with Gasteiger partial charge in [0.15, 0.2) is 0 Å². The first-order valence-corrected chi connectivity index (χ1v) is 8.61. The summed E-state index contributed by atoms with van der Waals surface area (Å²) in [6.45, 7) is 0.252. The van der Waals surface area contributed by atoms with Crippen LogP contribution < -0.4 is 11.1 Å². The molecule has 0 bridgehead atoms. The normalized spacial score (nSPS) is 12.0. The number of hydrogen-bond acceptors (Lipinski definition) is 2. The number of carbonyl (C=O) groups excluding carboxylic acids is 1. The van der Waals surface area contributed by atoms with E-state index in [0.29, 0.717) is 5.69 Å². The van der Waals surface area contributed by atoms with E-state index in [2.05, 4.69) is 53.1 Å². The molecule has 0 spiro atoms. The number of halogens is 3. The van der Waals surface area contributed by atoms with Crippen molar-refractivity contribution in [1.82, 2.24) is 0 Å². The molecule has 2 aromatic rings. The molecule has 6 heteroatoms. The zero-order valence-electron chi connectivity index (χ0n) is 10.9. The summed E-state index contributed by atoms with van der Waals surface area (Å²) in [6.07, 6.45) is 0. The number of rotatable bonds is 4. The van der Waals surface area contributed by atoms with Gasteiger partial charge < -0.3 is 11.1 Å². The highest BCUT2D eigenvalue weighted by Crippen LogP contribution is 2.35. The van der Waals surface area contributed by atoms with E-state index < -0.39 is 0 Å². The molecule has 1 unspecified atom stereocenters. The number of hydrogen-bond donors (Lipinski definition) is 2. The monoisotopic (exact) mass is 474 g/mol. The van der Waals surface area contributed by atoms with Gasteiger partial charge in [-0.2, -0.15) is 0 Å². The van der Waals surface area contributed by atoms with Crippen LogP contribution in [0.4, 0.5) is 5.69 Å². The van der Waals surface area contributed by atoms with Crippen LogP contribution in [-0.4, -0.2) is 12.5 Å². The van der Waals surface area contributed by atoms with E-state index in [4.69, 9.17) is 5.73 Å². The lowest BCUT2D eigenvalue weighted by atomic mass is 9.98. The summed E-state index contributed by atoms with van der Waals surface area (Å²) in [5.74, 6) is -0.513. The molecule has 2 aromatic carbocycles. The summed E-state index contributed by atoms with van der Waals surface area (Å²) in [6, 6.07) is 13.3. The number of anilines is 1. The molecule has 0 radical (unpaired) electrons. The Bertz CT molecular complexity index is 624. The maximum Gasteiger partial charge on any atom is 0.233 e. The van der Waals surface area contributed by atoms with Crippen molar-refractivity contribution in [3.8, 4) is 0 Å². The molecular weight excluding hydrogens is 464 g/mol. The third-order valence-electron chi connectivity index (χ3n) is 3.01. The lowest BCUT2D eigenvalue weighted by Crippen LogP contribution is -2.27. The van der Waals surface area contributed by atoms with Gasteiger partial charge in [-0.25, -0.2) is 0 Å². The van der Waals surface area contributed by atoms with Gasteiger partial charge in [-0.15, -0.1) is 0 Å². The molecule has 0 fully saturated rings. The van der Waals surface area contributed by atoms with E-state index in [0.717, 1.165) is 19.0 Å². The van der Waals surface area contributed by atoms with Crippen molar-refractivity contribution < 1.29 is 4.79 Å². The third-order valence-corrected chi connectivity index (χ3v) is 4.72. The number of nitrogens with two attached hydrogens (primary N) is 1. The molecular formula is C15H13Br3N2O. The van der Waals surface area contributed by atoms with Crippen LogP contribution in [0.2, 0.25) is 0 Å². The highest BCUT2D eigenvalue weighted by molar-refractivity contribution is 9.11. The predicted octanol–water partition coefficient (Wildman–Crippen LogP) is 4.66. The van der Waals surface area contributed by atoms with Gasteiger partial charge in [0.05, 0.1) is 11.6 Å². The summed E-state index contributed by atoms with van der Waals surface area (Å²) >= 11 is 10.3. The van der Waals surface area contributed by atoms with Crippen molar-refractivity contribution >= 4 is 59.4 Å². The van der Waals surface area contributed by atoms with E-state index in [-0.39, 0.29) is 18.4 Å². The van der Waals surface area contributed by atoms with Gasteiger partial charge in [-0.05, 0) is 49.6 Å². The Labute approximate surface area is 148 Å². The Hall–Kier alpha value is -0.690. The van der Waals surface area contributed by atoms with Crippen LogP contribution in [0, 0.1) is 0 Å². The minimum absolute atomic E-state index is 0.132. The zero-order valence-corrected chi connectivity index (χ0v) is 15.7. The van der Waals surface area contributed by atoms with E-state index in [1.807, 2.05) is 42.5 Å². The van der Waals surface area contributed by atoms with Gasteiger partial charge in [-0.1, -0.05) is 46.3 Å². The molecule has 0 aliphatic heterocycles. The second-order valence-corrected chi connectivity index (χ2v) is 7.06. The second-order valence-electron chi connectivity index (χ2n) is 4.43. The molecule has 0 aromatic heterocycles. The van der Waals surface area contributed by atoms with Crippen molar-refractivity contribution in [2.45, 2.75) is 5.92 Å². The van der Waals surface area contributed by atoms with Gasteiger partial charge in [0, 0.05) is 20.0 Å². The standard InChI is InChI=1S/C15H13Br3N2O/c16-10-6-12(17)14(13(18)7-10)20-15(21)11(8-19)9-4-2-1-3-5-9/h1-7,11H,8,19H2,(H,20,21). The first-order valence-electron chi connectivity index (χ1n) is 6.23. The highest BCUT2D eigenvalue weighted by Gasteiger charge is 2.20. The quantitative estimate of drug-likeness (QED) is 0.674. The van der Waals surface area contributed by atoms with E-state index >= 15 is 0 Å². The average Bonchev–Trinajstić information content (AvgIpc) is 2.45. The average molecular weight is 477 g/mol. The Morgan fingerprint density at radius 1 is 1.10 bits per heavy atom. The molecule has 3 nitrogen and oxygen atoms in total. The fourth-order valence-electron chi connectivity index (χ4n) is 1.95. The Morgan fingerprint density at radius 3 is 2.19 bits per heavy atom. The maximum absolute atomic E-state index is 12.5. The topological polar surface area (TPSA) is 55.1 Å². The molecule has 110 valence electrons. The molecule has 21 heavy (non-hydrogen) atoms. The third kappa shape index (κ3) is 4.16. The van der Waals surface area contributed by atoms with Crippen molar-refractivity contribution in [3.63, 3.8) is 0 Å². The first-order chi connectivity index (χ1) is 10.0. The van der Waals surface area contributed by atoms with Crippen LogP contribution in [0.1, 0.15) is 11.5 Å². The number of nitrogens with one attached hydrogen (secondary N) is 1. The molecule has 0 saturated carbocycles. The highest BCUT2D eigenvalue weighted by atomic mass is 79.9. The summed E-state index contributed by atoms with van der Waals surface area (Å²) in [5.41, 5.74) is 7.36. The van der Waals surface area contributed by atoms with E-state index in [9.17, 15) is 4.79 Å². The molecule has 0 aliphatic carbocycles. The van der Waals surface area contributed by atoms with Gasteiger partial charge >= 0.3 is 0 Å². The van der Waals surface area contributed by atoms with E-state index in [1.165, 1.54) is 0 Å². The lowest BCUT2D eigenvalue weighted by molar-refractivity contribution is -0.117. The summed E-state index contributed by atoms with van der Waals surface area (Å²) in [5, 5.41) is 2.92. The fourth-order valence-corrected chi connectivity index (χ4v) is 4.41. The lowest BCUT2D eigenvalue weighted by Gasteiger charge is -2.17. The first kappa shape index (κ1) is 16.7. The maximum atomic E-state index is 12.5. The SMILES string of the molecule is NCC(C(=O)Nc1c(Br)cc(Br)cc1Br)c1ccccc1. The molecule has 1 atom stereocenters. The summed E-state index contributed by atoms with van der Waals surface area (Å²) in [7, 11) is 0. The van der Waals surface area contributed by atoms with Gasteiger partial charge in [0.25, 0.3) is 0 Å². The molecule has 1 amide bonds. The van der Waals surface area contributed by atoms with Gasteiger partial charge in [0.1, 0.15) is 0 Å². The molecule has 2 rings (SSSR count). The number of amides is 1. The number of benzene rings is 2.